The summed E-state index contributed by atoms with van der Waals surface area (Å²) in [7, 11) is -3.01. The second kappa shape index (κ2) is 6.38. The number of sulfonamides is 1. The summed E-state index contributed by atoms with van der Waals surface area (Å²) >= 11 is 0. The number of unbranched alkanes of at least 4 members (excludes halogenated alkanes) is 2. The van der Waals surface area contributed by atoms with Crippen molar-refractivity contribution < 1.29 is 8.42 Å². The van der Waals surface area contributed by atoms with Crippen molar-refractivity contribution in [3.8, 4) is 0 Å². The Morgan fingerprint density at radius 1 is 1.23 bits per heavy atom. The van der Waals surface area contributed by atoms with E-state index < -0.39 is 10.0 Å². The van der Waals surface area contributed by atoms with Crippen molar-refractivity contribution in [3.05, 3.63) is 0 Å². The molecule has 0 aliphatic carbocycles. The molecule has 1 unspecified atom stereocenters. The van der Waals surface area contributed by atoms with Crippen LogP contribution in [0.3, 0.4) is 0 Å². The van der Waals surface area contributed by atoms with Crippen LogP contribution in [0.5, 0.6) is 0 Å². The van der Waals surface area contributed by atoms with Gasteiger partial charge in [0.2, 0.25) is 10.0 Å². The van der Waals surface area contributed by atoms with Crippen LogP contribution in [0.25, 0.3) is 0 Å². The highest BCUT2D eigenvalue weighted by Gasteiger charge is 2.10. The van der Waals surface area contributed by atoms with Crippen LogP contribution in [0, 0.1) is 0 Å². The molecule has 80 valence electrons. The maximum atomic E-state index is 11.1. The summed E-state index contributed by atoms with van der Waals surface area (Å²) in [4.78, 5) is 0. The van der Waals surface area contributed by atoms with Crippen molar-refractivity contribution in [1.82, 2.24) is 4.72 Å². The lowest BCUT2D eigenvalue weighted by Crippen LogP contribution is -2.33. The molecule has 0 aromatic heterocycles. The molecular weight excluding hydrogens is 186 g/mol. The van der Waals surface area contributed by atoms with Gasteiger partial charge in [-0.1, -0.05) is 26.2 Å². The molecule has 0 radical (unpaired) electrons. The topological polar surface area (TPSA) is 46.2 Å². The molecule has 0 saturated heterocycles. The maximum Gasteiger partial charge on any atom is 0.211 e. The summed E-state index contributed by atoms with van der Waals surface area (Å²) in [5.74, 6) is 0.172. The summed E-state index contributed by atoms with van der Waals surface area (Å²) in [5.41, 5.74) is 0. The number of nitrogens with one attached hydrogen (secondary N) is 1. The monoisotopic (exact) mass is 207 g/mol. The number of hydrogen-bond acceptors (Lipinski definition) is 2. The molecule has 0 saturated carbocycles. The highest BCUT2D eigenvalue weighted by Crippen LogP contribution is 2.03. The predicted molar refractivity (Wildman–Crippen MR) is 56.2 cm³/mol. The van der Waals surface area contributed by atoms with Gasteiger partial charge in [-0.2, -0.15) is 0 Å². The van der Waals surface area contributed by atoms with E-state index in [1.54, 1.807) is 6.92 Å². The Labute approximate surface area is 82.0 Å². The van der Waals surface area contributed by atoms with E-state index in [9.17, 15) is 8.42 Å². The fraction of sp³-hybridized carbons (Fsp3) is 1.00. The van der Waals surface area contributed by atoms with Gasteiger partial charge in [0.1, 0.15) is 0 Å². The lowest BCUT2D eigenvalue weighted by atomic mass is 10.1. The average molecular weight is 207 g/mol. The van der Waals surface area contributed by atoms with Crippen molar-refractivity contribution in [2.75, 3.05) is 5.75 Å². The zero-order valence-corrected chi connectivity index (χ0v) is 9.65. The fourth-order valence-electron chi connectivity index (χ4n) is 1.15. The van der Waals surface area contributed by atoms with E-state index in [1.165, 1.54) is 12.8 Å². The van der Waals surface area contributed by atoms with Crippen LogP contribution in [0.2, 0.25) is 0 Å². The van der Waals surface area contributed by atoms with E-state index in [-0.39, 0.29) is 11.8 Å². The van der Waals surface area contributed by atoms with Crippen LogP contribution in [-0.2, 0) is 10.0 Å². The Morgan fingerprint density at radius 2 is 1.85 bits per heavy atom. The normalized spacial score (nSPS) is 14.4. The molecular formula is C9H21NO2S. The van der Waals surface area contributed by atoms with Crippen molar-refractivity contribution >= 4 is 10.0 Å². The van der Waals surface area contributed by atoms with Crippen LogP contribution in [-0.4, -0.2) is 20.2 Å². The lowest BCUT2D eigenvalue weighted by Gasteiger charge is -2.12. The first-order chi connectivity index (χ1) is 6.02. The van der Waals surface area contributed by atoms with Gasteiger partial charge < -0.3 is 0 Å². The van der Waals surface area contributed by atoms with Crippen LogP contribution in [0.4, 0.5) is 0 Å². The second-order valence-electron chi connectivity index (χ2n) is 3.42. The van der Waals surface area contributed by atoms with E-state index in [1.807, 2.05) is 6.92 Å². The summed E-state index contributed by atoms with van der Waals surface area (Å²) in [6, 6.07) is 0.0801. The van der Waals surface area contributed by atoms with Crippen molar-refractivity contribution in [3.63, 3.8) is 0 Å². The second-order valence-corrected chi connectivity index (χ2v) is 5.46. The number of hydrogen-bond donors (Lipinski definition) is 1. The van der Waals surface area contributed by atoms with Gasteiger partial charge >= 0.3 is 0 Å². The molecule has 1 atom stereocenters. The van der Waals surface area contributed by atoms with Crippen molar-refractivity contribution in [2.45, 2.75) is 52.5 Å². The minimum absolute atomic E-state index is 0.0801. The standard InChI is InChI=1S/C9H21NO2S/c1-4-6-7-8-9(3)10-13(11,12)5-2/h9-10H,4-8H2,1-3H3. The summed E-state index contributed by atoms with van der Waals surface area (Å²) in [6.07, 6.45) is 4.39. The molecule has 13 heavy (non-hydrogen) atoms. The van der Waals surface area contributed by atoms with Gasteiger partial charge in [-0.25, -0.2) is 13.1 Å². The SMILES string of the molecule is CCCCCC(C)NS(=O)(=O)CC. The highest BCUT2D eigenvalue weighted by molar-refractivity contribution is 7.89. The molecule has 3 nitrogen and oxygen atoms in total. The van der Waals surface area contributed by atoms with Gasteiger partial charge in [-0.3, -0.25) is 0 Å². The van der Waals surface area contributed by atoms with E-state index in [0.29, 0.717) is 0 Å². The highest BCUT2D eigenvalue weighted by atomic mass is 32.2. The van der Waals surface area contributed by atoms with Crippen molar-refractivity contribution in [2.24, 2.45) is 0 Å². The molecule has 0 aromatic carbocycles. The maximum absolute atomic E-state index is 11.1. The Kier molecular flexibility index (Phi) is 6.33. The first kappa shape index (κ1) is 12.9. The minimum Gasteiger partial charge on any atom is -0.212 e. The van der Waals surface area contributed by atoms with Crippen LogP contribution < -0.4 is 4.72 Å². The first-order valence-corrected chi connectivity index (χ1v) is 6.67. The van der Waals surface area contributed by atoms with Gasteiger partial charge in [0.25, 0.3) is 0 Å². The molecule has 0 aliphatic rings. The van der Waals surface area contributed by atoms with Crippen LogP contribution in [0.1, 0.15) is 46.5 Å². The van der Waals surface area contributed by atoms with Gasteiger partial charge in [0, 0.05) is 6.04 Å². The molecule has 4 heteroatoms. The Hall–Kier alpha value is -0.0900. The largest absolute Gasteiger partial charge is 0.212 e. The molecule has 1 N–H and O–H groups in total. The first-order valence-electron chi connectivity index (χ1n) is 5.01. The van der Waals surface area contributed by atoms with E-state index in [4.69, 9.17) is 0 Å². The molecule has 0 spiro atoms. The van der Waals surface area contributed by atoms with Crippen LogP contribution >= 0.6 is 0 Å². The average Bonchev–Trinajstić information content (AvgIpc) is 2.04. The summed E-state index contributed by atoms with van der Waals surface area (Å²) in [5, 5.41) is 0. The molecule has 0 heterocycles. The van der Waals surface area contributed by atoms with E-state index in [0.717, 1.165) is 12.8 Å². The molecule has 0 amide bonds. The third kappa shape index (κ3) is 7.02. The lowest BCUT2D eigenvalue weighted by molar-refractivity contribution is 0.528. The van der Waals surface area contributed by atoms with Gasteiger partial charge in [-0.05, 0) is 20.3 Å². The third-order valence-electron chi connectivity index (χ3n) is 2.00. The Bertz CT molecular complexity index is 212. The van der Waals surface area contributed by atoms with Gasteiger partial charge in [0.15, 0.2) is 0 Å². The zero-order chi connectivity index (χ0) is 10.3. The predicted octanol–water partition coefficient (Wildman–Crippen LogP) is 1.89. The Morgan fingerprint density at radius 3 is 2.31 bits per heavy atom. The number of rotatable bonds is 7. The fourth-order valence-corrected chi connectivity index (χ4v) is 2.05. The summed E-state index contributed by atoms with van der Waals surface area (Å²) in [6.45, 7) is 5.71. The van der Waals surface area contributed by atoms with Crippen LogP contribution in [0.15, 0.2) is 0 Å². The smallest absolute Gasteiger partial charge is 0.211 e. The summed E-state index contributed by atoms with van der Waals surface area (Å²) < 4.78 is 24.9. The van der Waals surface area contributed by atoms with Gasteiger partial charge in [-0.15, -0.1) is 0 Å². The quantitative estimate of drug-likeness (QED) is 0.648. The Balaban J connectivity index is 3.68. The molecule has 0 aromatic rings. The third-order valence-corrected chi connectivity index (χ3v) is 3.52. The van der Waals surface area contributed by atoms with E-state index in [2.05, 4.69) is 11.6 Å². The van der Waals surface area contributed by atoms with E-state index >= 15 is 0 Å². The van der Waals surface area contributed by atoms with Crippen molar-refractivity contribution in [1.29, 1.82) is 0 Å². The zero-order valence-electron chi connectivity index (χ0n) is 8.84. The molecule has 0 rings (SSSR count). The molecule has 0 bridgehead atoms. The minimum atomic E-state index is -3.01. The molecule has 0 fully saturated rings. The van der Waals surface area contributed by atoms with Gasteiger partial charge in [0.05, 0.1) is 5.75 Å². The molecule has 0 aliphatic heterocycles.